The molecule has 2 nitrogen and oxygen atoms in total. The van der Waals surface area contributed by atoms with E-state index < -0.39 is 0 Å². The zero-order chi connectivity index (χ0) is 10.6. The van der Waals surface area contributed by atoms with Gasteiger partial charge >= 0.3 is 6.47 Å². The molecular formula is C12H15O2. The Labute approximate surface area is 84.9 Å². The number of carbonyl (C=O) groups excluding carboxylic acids is 1. The zero-order valence-electron chi connectivity index (χ0n) is 8.83. The molecular weight excluding hydrogens is 176 g/mol. The fourth-order valence-corrected chi connectivity index (χ4v) is 1.61. The highest BCUT2D eigenvalue weighted by molar-refractivity contribution is 5.41. The Bertz CT molecular complexity index is 318. The minimum Gasteiger partial charge on any atom is -0.449 e. The van der Waals surface area contributed by atoms with Gasteiger partial charge in [0.25, 0.3) is 0 Å². The van der Waals surface area contributed by atoms with Crippen LogP contribution in [0.3, 0.4) is 0 Å². The molecule has 2 heteroatoms. The zero-order valence-corrected chi connectivity index (χ0v) is 8.83. The molecule has 1 aromatic carbocycles. The third kappa shape index (κ3) is 2.34. The quantitative estimate of drug-likeness (QED) is 0.731. The highest BCUT2D eigenvalue weighted by Crippen LogP contribution is 2.24. The SMILES string of the molecule is CCC(O[C]=O)c1ccc(C)cc1C. The Morgan fingerprint density at radius 2 is 2.14 bits per heavy atom. The first kappa shape index (κ1) is 10.8. The Hall–Kier alpha value is -1.31. The van der Waals surface area contributed by atoms with Crippen LogP contribution in [0.25, 0.3) is 0 Å². The summed E-state index contributed by atoms with van der Waals surface area (Å²) in [6, 6.07) is 6.13. The molecule has 0 aliphatic heterocycles. The molecule has 0 fully saturated rings. The van der Waals surface area contributed by atoms with Crippen molar-refractivity contribution in [1.82, 2.24) is 0 Å². The third-order valence-corrected chi connectivity index (χ3v) is 2.33. The van der Waals surface area contributed by atoms with Crippen molar-refractivity contribution < 1.29 is 9.53 Å². The number of rotatable bonds is 4. The number of benzene rings is 1. The summed E-state index contributed by atoms with van der Waals surface area (Å²) in [6.45, 7) is 7.57. The van der Waals surface area contributed by atoms with Crippen LogP contribution in [0.4, 0.5) is 0 Å². The lowest BCUT2D eigenvalue weighted by atomic mass is 10.00. The van der Waals surface area contributed by atoms with Gasteiger partial charge in [-0.1, -0.05) is 30.7 Å². The molecule has 0 saturated carbocycles. The van der Waals surface area contributed by atoms with Crippen LogP contribution >= 0.6 is 0 Å². The average molecular weight is 191 g/mol. The lowest BCUT2D eigenvalue weighted by Gasteiger charge is -2.15. The molecule has 14 heavy (non-hydrogen) atoms. The molecule has 1 unspecified atom stereocenters. The molecule has 1 atom stereocenters. The number of aryl methyl sites for hydroxylation is 2. The van der Waals surface area contributed by atoms with E-state index in [0.29, 0.717) is 0 Å². The van der Waals surface area contributed by atoms with Gasteiger partial charge in [-0.15, -0.1) is 0 Å². The Morgan fingerprint density at radius 1 is 1.43 bits per heavy atom. The van der Waals surface area contributed by atoms with Gasteiger partial charge < -0.3 is 4.74 Å². The average Bonchev–Trinajstić information content (AvgIpc) is 2.15. The molecule has 1 rings (SSSR count). The van der Waals surface area contributed by atoms with E-state index in [1.807, 2.05) is 32.9 Å². The van der Waals surface area contributed by atoms with Gasteiger partial charge in [0.2, 0.25) is 0 Å². The van der Waals surface area contributed by atoms with E-state index in [4.69, 9.17) is 4.74 Å². The van der Waals surface area contributed by atoms with Crippen molar-refractivity contribution in [2.45, 2.75) is 33.3 Å². The summed E-state index contributed by atoms with van der Waals surface area (Å²) in [4.78, 5) is 10.2. The highest BCUT2D eigenvalue weighted by Gasteiger charge is 2.12. The van der Waals surface area contributed by atoms with Crippen LogP contribution in [-0.4, -0.2) is 6.47 Å². The van der Waals surface area contributed by atoms with E-state index in [1.54, 1.807) is 0 Å². The van der Waals surface area contributed by atoms with Gasteiger partial charge in [0.1, 0.15) is 6.10 Å². The van der Waals surface area contributed by atoms with Gasteiger partial charge in [-0.25, -0.2) is 4.79 Å². The Kier molecular flexibility index (Phi) is 3.69. The Balaban J connectivity index is 2.97. The number of hydrogen-bond acceptors (Lipinski definition) is 2. The molecule has 0 amide bonds. The predicted octanol–water partition coefficient (Wildman–Crippen LogP) is 2.84. The van der Waals surface area contributed by atoms with Crippen molar-refractivity contribution in [3.05, 3.63) is 34.9 Å². The summed E-state index contributed by atoms with van der Waals surface area (Å²) in [5.74, 6) is 0. The van der Waals surface area contributed by atoms with E-state index >= 15 is 0 Å². The van der Waals surface area contributed by atoms with Gasteiger partial charge in [0, 0.05) is 0 Å². The van der Waals surface area contributed by atoms with Crippen LogP contribution in [-0.2, 0) is 9.53 Å². The van der Waals surface area contributed by atoms with Crippen LogP contribution in [0.15, 0.2) is 18.2 Å². The molecule has 0 aliphatic carbocycles. The largest absolute Gasteiger partial charge is 0.449 e. The van der Waals surface area contributed by atoms with E-state index in [0.717, 1.165) is 17.5 Å². The van der Waals surface area contributed by atoms with Crippen LogP contribution < -0.4 is 0 Å². The first-order valence-electron chi connectivity index (χ1n) is 4.79. The maximum Gasteiger partial charge on any atom is 0.418 e. The molecule has 0 N–H and O–H groups in total. The van der Waals surface area contributed by atoms with Gasteiger partial charge in [-0.05, 0) is 31.4 Å². The topological polar surface area (TPSA) is 26.3 Å². The maximum absolute atomic E-state index is 10.2. The molecule has 0 aromatic heterocycles. The minimum absolute atomic E-state index is 0.159. The van der Waals surface area contributed by atoms with Crippen molar-refractivity contribution in [3.63, 3.8) is 0 Å². The van der Waals surface area contributed by atoms with E-state index in [2.05, 4.69) is 6.07 Å². The van der Waals surface area contributed by atoms with Crippen LogP contribution in [0.2, 0.25) is 0 Å². The van der Waals surface area contributed by atoms with Crippen LogP contribution in [0.5, 0.6) is 0 Å². The molecule has 0 aliphatic rings. The molecule has 0 bridgehead atoms. The van der Waals surface area contributed by atoms with Crippen molar-refractivity contribution in [3.8, 4) is 0 Å². The summed E-state index contributed by atoms with van der Waals surface area (Å²) in [5, 5.41) is 0. The summed E-state index contributed by atoms with van der Waals surface area (Å²) in [6.07, 6.45) is 0.618. The second kappa shape index (κ2) is 4.80. The first-order chi connectivity index (χ1) is 6.69. The van der Waals surface area contributed by atoms with Gasteiger partial charge in [-0.3, -0.25) is 0 Å². The van der Waals surface area contributed by atoms with E-state index in [-0.39, 0.29) is 6.10 Å². The van der Waals surface area contributed by atoms with E-state index in [1.165, 1.54) is 12.0 Å². The fourth-order valence-electron chi connectivity index (χ4n) is 1.61. The van der Waals surface area contributed by atoms with Gasteiger partial charge in [0.15, 0.2) is 0 Å². The molecule has 1 aromatic rings. The maximum atomic E-state index is 10.2. The fraction of sp³-hybridized carbons (Fsp3) is 0.417. The molecule has 0 spiro atoms. The molecule has 0 heterocycles. The second-order valence-electron chi connectivity index (χ2n) is 3.46. The number of ether oxygens (including phenoxy) is 1. The minimum atomic E-state index is -0.159. The third-order valence-electron chi connectivity index (χ3n) is 2.33. The molecule has 1 radical (unpaired) electrons. The summed E-state index contributed by atoms with van der Waals surface area (Å²) < 4.78 is 4.89. The van der Waals surface area contributed by atoms with Crippen molar-refractivity contribution in [1.29, 1.82) is 0 Å². The van der Waals surface area contributed by atoms with E-state index in [9.17, 15) is 4.79 Å². The standard InChI is InChI=1S/C12H15O2/c1-4-12(14-8-13)11-6-5-9(2)7-10(11)3/h5-7,12H,4H2,1-3H3. The van der Waals surface area contributed by atoms with Crippen molar-refractivity contribution in [2.75, 3.05) is 0 Å². The smallest absolute Gasteiger partial charge is 0.418 e. The summed E-state index contributed by atoms with van der Waals surface area (Å²) in [7, 11) is 0. The van der Waals surface area contributed by atoms with Crippen molar-refractivity contribution >= 4 is 6.47 Å². The monoisotopic (exact) mass is 191 g/mol. The number of hydrogen-bond donors (Lipinski definition) is 0. The Morgan fingerprint density at radius 3 is 2.64 bits per heavy atom. The second-order valence-corrected chi connectivity index (χ2v) is 3.46. The van der Waals surface area contributed by atoms with Crippen molar-refractivity contribution in [2.24, 2.45) is 0 Å². The summed E-state index contributed by atoms with van der Waals surface area (Å²) in [5.41, 5.74) is 3.45. The highest BCUT2D eigenvalue weighted by atomic mass is 16.5. The van der Waals surface area contributed by atoms with Gasteiger partial charge in [0.05, 0.1) is 0 Å². The van der Waals surface area contributed by atoms with Crippen LogP contribution in [0, 0.1) is 13.8 Å². The normalized spacial score (nSPS) is 12.2. The predicted molar refractivity (Wildman–Crippen MR) is 55.7 cm³/mol. The molecule has 0 saturated heterocycles. The lowest BCUT2D eigenvalue weighted by molar-refractivity contribution is 0.174. The van der Waals surface area contributed by atoms with Crippen LogP contribution in [0.1, 0.15) is 36.1 Å². The lowest BCUT2D eigenvalue weighted by Crippen LogP contribution is -2.03. The summed E-state index contributed by atoms with van der Waals surface area (Å²) >= 11 is 0. The molecule has 75 valence electrons. The van der Waals surface area contributed by atoms with Gasteiger partial charge in [-0.2, -0.15) is 0 Å². The first-order valence-corrected chi connectivity index (χ1v) is 4.79.